The van der Waals surface area contributed by atoms with Crippen molar-refractivity contribution in [2.24, 2.45) is 4.99 Å². The third-order valence-electron chi connectivity index (χ3n) is 2.72. The van der Waals surface area contributed by atoms with E-state index in [1.807, 2.05) is 26.1 Å². The second-order valence-corrected chi connectivity index (χ2v) is 4.20. The van der Waals surface area contributed by atoms with Gasteiger partial charge in [0.15, 0.2) is 5.96 Å². The van der Waals surface area contributed by atoms with E-state index in [-0.39, 0.29) is 24.0 Å². The summed E-state index contributed by atoms with van der Waals surface area (Å²) in [5, 5.41) is 13.4. The zero-order chi connectivity index (χ0) is 13.5. The molecule has 0 amide bonds. The molecule has 0 aliphatic rings. The predicted octanol–water partition coefficient (Wildman–Crippen LogP) is 2.18. The van der Waals surface area contributed by atoms with Gasteiger partial charge in [-0.25, -0.2) is 4.99 Å². The Balaban J connectivity index is 0.00000200. The highest BCUT2D eigenvalue weighted by molar-refractivity contribution is 14.0. The molecule has 0 fully saturated rings. The van der Waals surface area contributed by atoms with E-state index in [1.165, 1.54) is 0 Å². The number of rotatable bonds is 5. The topological polar surface area (TPSA) is 78.2 Å². The van der Waals surface area contributed by atoms with Crippen molar-refractivity contribution in [2.45, 2.75) is 26.9 Å². The first-order valence-corrected chi connectivity index (χ1v) is 6.31. The molecule has 7 heteroatoms. The fourth-order valence-corrected chi connectivity index (χ4v) is 1.63. The molecule has 0 spiro atoms. The van der Waals surface area contributed by atoms with E-state index in [4.69, 9.17) is 4.42 Å². The van der Waals surface area contributed by atoms with Crippen LogP contribution in [0.2, 0.25) is 0 Å². The molecule has 0 unspecified atom stereocenters. The van der Waals surface area contributed by atoms with Crippen molar-refractivity contribution in [1.29, 1.82) is 0 Å². The molecule has 2 rings (SSSR count). The SMILES string of the molecule is CCNC(=NCc1ccoc1)NCc1cn[nH]c1C.I. The van der Waals surface area contributed by atoms with Crippen LogP contribution in [0.15, 0.2) is 34.2 Å². The summed E-state index contributed by atoms with van der Waals surface area (Å²) in [6.45, 7) is 6.15. The van der Waals surface area contributed by atoms with E-state index >= 15 is 0 Å². The number of aromatic nitrogens is 2. The van der Waals surface area contributed by atoms with Crippen LogP contribution in [0.3, 0.4) is 0 Å². The number of halogens is 1. The lowest BCUT2D eigenvalue weighted by Crippen LogP contribution is -2.36. The summed E-state index contributed by atoms with van der Waals surface area (Å²) in [7, 11) is 0. The number of nitrogens with zero attached hydrogens (tertiary/aromatic N) is 2. The van der Waals surface area contributed by atoms with Gasteiger partial charge in [0.25, 0.3) is 0 Å². The molecule has 2 aromatic rings. The van der Waals surface area contributed by atoms with Gasteiger partial charge >= 0.3 is 0 Å². The standard InChI is InChI=1S/C13H19N5O.HI/c1-3-14-13(15-6-11-4-5-19-9-11)16-7-12-8-17-18-10(12)2;/h4-5,8-9H,3,6-7H2,1-2H3,(H,17,18)(H2,14,15,16);1H. The number of hydrogen-bond acceptors (Lipinski definition) is 3. The van der Waals surface area contributed by atoms with E-state index in [1.54, 1.807) is 12.5 Å². The molecule has 3 N–H and O–H groups in total. The van der Waals surface area contributed by atoms with Crippen LogP contribution in [0.25, 0.3) is 0 Å². The first-order chi connectivity index (χ1) is 9.29. The number of aryl methyl sites for hydroxylation is 1. The molecule has 6 nitrogen and oxygen atoms in total. The zero-order valence-corrected chi connectivity index (χ0v) is 14.0. The molecule has 0 bridgehead atoms. The first kappa shape index (κ1) is 16.5. The molecule has 0 saturated heterocycles. The monoisotopic (exact) mass is 389 g/mol. The van der Waals surface area contributed by atoms with E-state index in [0.29, 0.717) is 13.1 Å². The molecule has 0 radical (unpaired) electrons. The normalized spacial score (nSPS) is 11.0. The van der Waals surface area contributed by atoms with Crippen molar-refractivity contribution in [3.63, 3.8) is 0 Å². The van der Waals surface area contributed by atoms with Crippen molar-refractivity contribution < 1.29 is 4.42 Å². The molecule has 0 aliphatic heterocycles. The number of hydrogen-bond donors (Lipinski definition) is 3. The molecule has 0 atom stereocenters. The minimum atomic E-state index is 0. The van der Waals surface area contributed by atoms with Crippen molar-refractivity contribution in [3.8, 4) is 0 Å². The van der Waals surface area contributed by atoms with Gasteiger partial charge in [-0.1, -0.05) is 0 Å². The van der Waals surface area contributed by atoms with Crippen LogP contribution in [0.1, 0.15) is 23.7 Å². The van der Waals surface area contributed by atoms with Gasteiger partial charge in [0, 0.05) is 29.9 Å². The van der Waals surface area contributed by atoms with Gasteiger partial charge in [-0.05, 0) is 19.9 Å². The molecular weight excluding hydrogens is 369 g/mol. The predicted molar refractivity (Wildman–Crippen MR) is 89.1 cm³/mol. The number of guanidine groups is 1. The van der Waals surface area contributed by atoms with Crippen LogP contribution in [0, 0.1) is 6.92 Å². The average Bonchev–Trinajstić information content (AvgIpc) is 3.04. The lowest BCUT2D eigenvalue weighted by molar-refractivity contribution is 0.564. The van der Waals surface area contributed by atoms with Gasteiger partial charge in [0.2, 0.25) is 0 Å². The number of H-pyrrole nitrogens is 1. The van der Waals surface area contributed by atoms with Crippen LogP contribution >= 0.6 is 24.0 Å². The highest BCUT2D eigenvalue weighted by atomic mass is 127. The van der Waals surface area contributed by atoms with Gasteiger partial charge in [0.05, 0.1) is 25.3 Å². The Morgan fingerprint density at radius 1 is 1.45 bits per heavy atom. The number of furan rings is 1. The minimum Gasteiger partial charge on any atom is -0.472 e. The van der Waals surface area contributed by atoms with Crippen LogP contribution in [-0.4, -0.2) is 22.7 Å². The minimum absolute atomic E-state index is 0. The summed E-state index contributed by atoms with van der Waals surface area (Å²) in [4.78, 5) is 4.49. The number of aliphatic imine (C=N–C) groups is 1. The highest BCUT2D eigenvalue weighted by Crippen LogP contribution is 2.03. The molecule has 0 aromatic carbocycles. The third kappa shape index (κ3) is 4.87. The van der Waals surface area contributed by atoms with E-state index < -0.39 is 0 Å². The molecule has 0 saturated carbocycles. The van der Waals surface area contributed by atoms with Gasteiger partial charge in [-0.15, -0.1) is 24.0 Å². The molecule has 110 valence electrons. The van der Waals surface area contributed by atoms with Gasteiger partial charge in [0.1, 0.15) is 0 Å². The van der Waals surface area contributed by atoms with Crippen molar-refractivity contribution in [2.75, 3.05) is 6.54 Å². The van der Waals surface area contributed by atoms with Crippen molar-refractivity contribution >= 4 is 29.9 Å². The van der Waals surface area contributed by atoms with Crippen LogP contribution in [-0.2, 0) is 13.1 Å². The van der Waals surface area contributed by atoms with Gasteiger partial charge < -0.3 is 15.1 Å². The van der Waals surface area contributed by atoms with Crippen molar-refractivity contribution in [3.05, 3.63) is 41.6 Å². The van der Waals surface area contributed by atoms with Gasteiger partial charge in [-0.2, -0.15) is 5.10 Å². The summed E-state index contributed by atoms with van der Waals surface area (Å²) in [6.07, 6.45) is 5.18. The number of nitrogens with one attached hydrogen (secondary N) is 3. The van der Waals surface area contributed by atoms with E-state index in [2.05, 4.69) is 25.8 Å². The smallest absolute Gasteiger partial charge is 0.191 e. The maximum absolute atomic E-state index is 5.02. The lowest BCUT2D eigenvalue weighted by Gasteiger charge is -2.10. The number of aromatic amines is 1. The molecule has 2 heterocycles. The van der Waals surface area contributed by atoms with Crippen LogP contribution < -0.4 is 10.6 Å². The maximum Gasteiger partial charge on any atom is 0.191 e. The Hall–Kier alpha value is -1.51. The van der Waals surface area contributed by atoms with E-state index in [9.17, 15) is 0 Å². The van der Waals surface area contributed by atoms with Crippen LogP contribution in [0.4, 0.5) is 0 Å². The average molecular weight is 389 g/mol. The Bertz CT molecular complexity index is 521. The summed E-state index contributed by atoms with van der Waals surface area (Å²) >= 11 is 0. The van der Waals surface area contributed by atoms with Crippen molar-refractivity contribution in [1.82, 2.24) is 20.8 Å². The highest BCUT2D eigenvalue weighted by Gasteiger charge is 2.02. The molecule has 0 aliphatic carbocycles. The van der Waals surface area contributed by atoms with Crippen LogP contribution in [0.5, 0.6) is 0 Å². The zero-order valence-electron chi connectivity index (χ0n) is 11.6. The van der Waals surface area contributed by atoms with Gasteiger partial charge in [-0.3, -0.25) is 5.10 Å². The summed E-state index contributed by atoms with van der Waals surface area (Å²) in [5.41, 5.74) is 3.25. The lowest BCUT2D eigenvalue weighted by atomic mass is 10.3. The largest absolute Gasteiger partial charge is 0.472 e. The Morgan fingerprint density at radius 2 is 2.30 bits per heavy atom. The Kier molecular flexibility index (Phi) is 7.13. The molecule has 2 aromatic heterocycles. The quantitative estimate of drug-likeness (QED) is 0.416. The fraction of sp³-hybridized carbons (Fsp3) is 0.385. The summed E-state index contributed by atoms with van der Waals surface area (Å²) in [5.74, 6) is 0.782. The Morgan fingerprint density at radius 3 is 2.90 bits per heavy atom. The molecular formula is C13H20IN5O. The maximum atomic E-state index is 5.02. The second-order valence-electron chi connectivity index (χ2n) is 4.20. The third-order valence-corrected chi connectivity index (χ3v) is 2.72. The van der Waals surface area contributed by atoms with E-state index in [0.717, 1.165) is 29.3 Å². The molecule has 20 heavy (non-hydrogen) atoms. The Labute approximate surface area is 135 Å². The summed E-state index contributed by atoms with van der Waals surface area (Å²) in [6, 6.07) is 1.91. The first-order valence-electron chi connectivity index (χ1n) is 6.31. The summed E-state index contributed by atoms with van der Waals surface area (Å²) < 4.78 is 5.02. The fourth-order valence-electron chi connectivity index (χ4n) is 1.63. The second kappa shape index (κ2) is 8.62.